The normalized spacial score (nSPS) is 27.0. The average molecular weight is 255 g/mol. The van der Waals surface area contributed by atoms with E-state index in [0.29, 0.717) is 6.04 Å². The third-order valence-electron chi connectivity index (χ3n) is 4.86. The molecule has 0 bridgehead atoms. The Labute approximate surface area is 112 Å². The van der Waals surface area contributed by atoms with Crippen molar-refractivity contribution in [2.75, 3.05) is 26.9 Å². The van der Waals surface area contributed by atoms with E-state index in [9.17, 15) is 0 Å². The first-order chi connectivity index (χ1) is 8.82. The Kier molecular flexibility index (Phi) is 5.46. The van der Waals surface area contributed by atoms with Crippen molar-refractivity contribution in [2.24, 2.45) is 5.92 Å². The number of nitrogens with one attached hydrogen (secondary N) is 1. The van der Waals surface area contributed by atoms with E-state index in [2.05, 4.69) is 12.2 Å². The fraction of sp³-hybridized carbons (Fsp3) is 1.00. The Morgan fingerprint density at radius 1 is 1.22 bits per heavy atom. The second-order valence-corrected chi connectivity index (χ2v) is 5.81. The van der Waals surface area contributed by atoms with Crippen LogP contribution in [-0.4, -0.2) is 38.5 Å². The van der Waals surface area contributed by atoms with Gasteiger partial charge in [-0.3, -0.25) is 0 Å². The van der Waals surface area contributed by atoms with E-state index in [-0.39, 0.29) is 5.60 Å². The highest BCUT2D eigenvalue weighted by Gasteiger charge is 2.44. The molecule has 1 N–H and O–H groups in total. The van der Waals surface area contributed by atoms with E-state index in [1.807, 2.05) is 7.11 Å². The first-order valence-electron chi connectivity index (χ1n) is 7.68. The summed E-state index contributed by atoms with van der Waals surface area (Å²) in [6.07, 6.45) is 9.01. The molecule has 1 atom stereocenters. The molecule has 0 aromatic carbocycles. The molecule has 3 nitrogen and oxygen atoms in total. The molecule has 2 fully saturated rings. The number of likely N-dealkylation sites (N-methyl/N-ethyl adjacent to an activating group) is 1. The smallest absolute Gasteiger partial charge is 0.0877 e. The fourth-order valence-electron chi connectivity index (χ4n) is 3.83. The van der Waals surface area contributed by atoms with E-state index < -0.39 is 0 Å². The number of methoxy groups -OCH3 is 1. The van der Waals surface area contributed by atoms with E-state index in [0.717, 1.165) is 38.5 Å². The Balaban J connectivity index is 2.09. The van der Waals surface area contributed by atoms with Crippen molar-refractivity contribution in [1.82, 2.24) is 5.32 Å². The zero-order valence-electron chi connectivity index (χ0n) is 12.0. The molecule has 1 saturated heterocycles. The molecule has 0 aromatic rings. The van der Waals surface area contributed by atoms with Crippen LogP contribution in [0.4, 0.5) is 0 Å². The van der Waals surface area contributed by atoms with Gasteiger partial charge in [0.05, 0.1) is 5.60 Å². The number of hydrogen-bond acceptors (Lipinski definition) is 3. The van der Waals surface area contributed by atoms with Crippen molar-refractivity contribution in [1.29, 1.82) is 0 Å². The summed E-state index contributed by atoms with van der Waals surface area (Å²) in [5.74, 6) is 0.789. The highest BCUT2D eigenvalue weighted by atomic mass is 16.5. The van der Waals surface area contributed by atoms with E-state index in [1.165, 1.54) is 32.1 Å². The predicted octanol–water partition coefficient (Wildman–Crippen LogP) is 2.74. The largest absolute Gasteiger partial charge is 0.381 e. The van der Waals surface area contributed by atoms with Crippen LogP contribution in [0.1, 0.15) is 51.9 Å². The maximum absolute atomic E-state index is 6.00. The van der Waals surface area contributed by atoms with Gasteiger partial charge < -0.3 is 14.8 Å². The molecule has 18 heavy (non-hydrogen) atoms. The predicted molar refractivity (Wildman–Crippen MR) is 73.8 cm³/mol. The average Bonchev–Trinajstić information content (AvgIpc) is 2.46. The van der Waals surface area contributed by atoms with Gasteiger partial charge in [-0.1, -0.05) is 26.2 Å². The van der Waals surface area contributed by atoms with Crippen molar-refractivity contribution in [3.05, 3.63) is 0 Å². The molecule has 1 aliphatic heterocycles. The summed E-state index contributed by atoms with van der Waals surface area (Å²) in [7, 11) is 1.89. The third-order valence-corrected chi connectivity index (χ3v) is 4.86. The van der Waals surface area contributed by atoms with Crippen LogP contribution in [0.25, 0.3) is 0 Å². The zero-order valence-corrected chi connectivity index (χ0v) is 12.0. The minimum atomic E-state index is 0.0102. The van der Waals surface area contributed by atoms with Gasteiger partial charge in [0.1, 0.15) is 0 Å². The molecule has 1 saturated carbocycles. The highest BCUT2D eigenvalue weighted by molar-refractivity contribution is 4.98. The van der Waals surface area contributed by atoms with E-state index in [1.54, 1.807) is 0 Å². The van der Waals surface area contributed by atoms with Gasteiger partial charge in [-0.25, -0.2) is 0 Å². The molecule has 1 heterocycles. The Morgan fingerprint density at radius 2 is 1.89 bits per heavy atom. The van der Waals surface area contributed by atoms with E-state index >= 15 is 0 Å². The lowest BCUT2D eigenvalue weighted by Crippen LogP contribution is -2.58. The molecule has 2 rings (SSSR count). The fourth-order valence-corrected chi connectivity index (χ4v) is 3.83. The second kappa shape index (κ2) is 6.88. The molecule has 0 aromatic heterocycles. The van der Waals surface area contributed by atoms with Crippen LogP contribution < -0.4 is 5.32 Å². The van der Waals surface area contributed by atoms with Gasteiger partial charge in [0.15, 0.2) is 0 Å². The number of rotatable bonds is 5. The first-order valence-corrected chi connectivity index (χ1v) is 7.68. The standard InChI is InChI=1S/C15H29NO2/c1-3-16-14(13-7-5-4-6-8-13)15(17-2)9-11-18-12-10-15/h13-14,16H,3-12H2,1-2H3. The third kappa shape index (κ3) is 3.06. The summed E-state index contributed by atoms with van der Waals surface area (Å²) in [5.41, 5.74) is 0.0102. The maximum Gasteiger partial charge on any atom is 0.0877 e. The van der Waals surface area contributed by atoms with Crippen LogP contribution in [-0.2, 0) is 9.47 Å². The molecule has 0 radical (unpaired) electrons. The molecule has 1 aliphatic carbocycles. The number of ether oxygens (including phenoxy) is 2. The minimum Gasteiger partial charge on any atom is -0.381 e. The van der Waals surface area contributed by atoms with Crippen molar-refractivity contribution in [2.45, 2.75) is 63.5 Å². The Hall–Kier alpha value is -0.120. The summed E-state index contributed by atoms with van der Waals surface area (Å²) in [5, 5.41) is 3.73. The molecule has 106 valence electrons. The van der Waals surface area contributed by atoms with Crippen LogP contribution in [0, 0.1) is 5.92 Å². The van der Waals surface area contributed by atoms with Gasteiger partial charge in [-0.15, -0.1) is 0 Å². The van der Waals surface area contributed by atoms with Gasteiger partial charge in [0.2, 0.25) is 0 Å². The molecule has 3 heteroatoms. The molecule has 1 unspecified atom stereocenters. The molecular weight excluding hydrogens is 226 g/mol. The van der Waals surface area contributed by atoms with Crippen molar-refractivity contribution in [3.63, 3.8) is 0 Å². The van der Waals surface area contributed by atoms with Crippen LogP contribution in [0.15, 0.2) is 0 Å². The lowest BCUT2D eigenvalue weighted by molar-refractivity contribution is -0.122. The minimum absolute atomic E-state index is 0.0102. The summed E-state index contributed by atoms with van der Waals surface area (Å²) in [4.78, 5) is 0. The van der Waals surface area contributed by atoms with Crippen molar-refractivity contribution >= 4 is 0 Å². The summed E-state index contributed by atoms with van der Waals surface area (Å²) in [6.45, 7) is 4.94. The zero-order chi connectivity index (χ0) is 12.8. The molecule has 0 spiro atoms. The molecule has 2 aliphatic rings. The Bertz CT molecular complexity index is 233. The van der Waals surface area contributed by atoms with Gasteiger partial charge >= 0.3 is 0 Å². The highest BCUT2D eigenvalue weighted by Crippen LogP contribution is 2.37. The quantitative estimate of drug-likeness (QED) is 0.819. The lowest BCUT2D eigenvalue weighted by atomic mass is 9.73. The van der Waals surface area contributed by atoms with Crippen LogP contribution in [0.5, 0.6) is 0 Å². The van der Waals surface area contributed by atoms with Gasteiger partial charge in [-0.05, 0) is 25.3 Å². The van der Waals surface area contributed by atoms with Crippen LogP contribution >= 0.6 is 0 Å². The van der Waals surface area contributed by atoms with Gasteiger partial charge in [0.25, 0.3) is 0 Å². The molecular formula is C15H29NO2. The second-order valence-electron chi connectivity index (χ2n) is 5.81. The van der Waals surface area contributed by atoms with Crippen molar-refractivity contribution in [3.8, 4) is 0 Å². The lowest BCUT2D eigenvalue weighted by Gasteiger charge is -2.47. The summed E-state index contributed by atoms with van der Waals surface area (Å²) in [6, 6.07) is 0.511. The van der Waals surface area contributed by atoms with Gasteiger partial charge in [0, 0.05) is 39.2 Å². The van der Waals surface area contributed by atoms with Gasteiger partial charge in [-0.2, -0.15) is 0 Å². The summed E-state index contributed by atoms with van der Waals surface area (Å²) >= 11 is 0. The van der Waals surface area contributed by atoms with Crippen LogP contribution in [0.3, 0.4) is 0 Å². The maximum atomic E-state index is 6.00. The van der Waals surface area contributed by atoms with Crippen LogP contribution in [0.2, 0.25) is 0 Å². The molecule has 0 amide bonds. The van der Waals surface area contributed by atoms with Crippen molar-refractivity contribution < 1.29 is 9.47 Å². The monoisotopic (exact) mass is 255 g/mol. The topological polar surface area (TPSA) is 30.5 Å². The Morgan fingerprint density at radius 3 is 2.44 bits per heavy atom. The summed E-state index contributed by atoms with van der Waals surface area (Å²) < 4.78 is 11.5. The van der Waals surface area contributed by atoms with E-state index in [4.69, 9.17) is 9.47 Å². The first kappa shape index (κ1) is 14.3. The number of hydrogen-bond donors (Lipinski definition) is 1. The SMILES string of the molecule is CCNC(C1CCCCC1)C1(OC)CCOCC1.